The second-order valence-corrected chi connectivity index (χ2v) is 21.3. The van der Waals surface area contributed by atoms with E-state index in [-0.39, 0.29) is 0 Å². The third-order valence-electron chi connectivity index (χ3n) is 11.4. The molecule has 0 spiro atoms. The van der Waals surface area contributed by atoms with Crippen LogP contribution in [-0.2, 0) is 33.7 Å². The fourth-order valence-electron chi connectivity index (χ4n) is 8.14. The van der Waals surface area contributed by atoms with Crippen LogP contribution in [0.1, 0.15) is 101 Å². The first-order valence-corrected chi connectivity index (χ1v) is 29.0. The van der Waals surface area contributed by atoms with E-state index in [0.29, 0.717) is 11.8 Å². The van der Waals surface area contributed by atoms with E-state index in [1.165, 1.54) is 126 Å². The van der Waals surface area contributed by atoms with Gasteiger partial charge in [-0.3, -0.25) is 0 Å². The van der Waals surface area contributed by atoms with Gasteiger partial charge in [0.15, 0.2) is 0 Å². The van der Waals surface area contributed by atoms with Gasteiger partial charge in [-0.05, 0) is 48.6 Å². The van der Waals surface area contributed by atoms with Crippen LogP contribution < -0.4 is 10.4 Å². The Morgan fingerprint density at radius 3 is 1.48 bits per heavy atom. The van der Waals surface area contributed by atoms with Crippen molar-refractivity contribution in [2.24, 2.45) is 0 Å². The van der Waals surface area contributed by atoms with E-state index in [1.54, 1.807) is 0 Å². The molecule has 0 N–H and O–H groups in total. The molecule has 1 aliphatic rings. The topological polar surface area (TPSA) is 0 Å². The molecule has 1 heterocycles. The van der Waals surface area contributed by atoms with Crippen molar-refractivity contribution in [3.8, 4) is 33.4 Å². The summed E-state index contributed by atoms with van der Waals surface area (Å²) in [4.78, 5) is 0. The fraction of sp³-hybridized carbons (Fsp3) is 0.250. The third-order valence-corrected chi connectivity index (χ3v) is 12.8. The molecular weight excluding hydrogens is 863 g/mol. The molecule has 1 aliphatic heterocycles. The number of fused-ring (bicyclic) bond motifs is 5. The fourth-order valence-corrected chi connectivity index (χ4v) is 9.45. The first-order chi connectivity index (χ1) is 29.3. The summed E-state index contributed by atoms with van der Waals surface area (Å²) in [5, 5.41) is 8.42. The van der Waals surface area contributed by atoms with E-state index in [0.717, 1.165) is 9.52 Å². The van der Waals surface area contributed by atoms with Crippen LogP contribution >= 0.6 is 17.0 Å². The van der Waals surface area contributed by atoms with E-state index < -0.39 is 20.8 Å². The van der Waals surface area contributed by atoms with Gasteiger partial charge in [0, 0.05) is 0 Å². The molecule has 0 fully saturated rings. The zero-order chi connectivity index (χ0) is 42.4. The summed E-state index contributed by atoms with van der Waals surface area (Å²) in [6, 6.07) is 58.7. The van der Waals surface area contributed by atoms with E-state index >= 15 is 0 Å². The molecule has 0 bridgehead atoms. The van der Waals surface area contributed by atoms with Crippen LogP contribution in [0.25, 0.3) is 54.9 Å². The molecule has 0 unspecified atom stereocenters. The number of unbranched alkanes of at least 4 members (excludes halogenated alkanes) is 2. The van der Waals surface area contributed by atoms with Gasteiger partial charge >= 0.3 is 37.9 Å². The van der Waals surface area contributed by atoms with Crippen molar-refractivity contribution >= 4 is 58.5 Å². The predicted octanol–water partition coefficient (Wildman–Crippen LogP) is 15.9. The summed E-state index contributed by atoms with van der Waals surface area (Å²) < 4.78 is 0. The third kappa shape index (κ3) is 11.4. The molecule has 8 aromatic carbocycles. The van der Waals surface area contributed by atoms with Crippen LogP contribution in [0.5, 0.6) is 0 Å². The molecule has 4 heteroatoms. The zero-order valence-electron chi connectivity index (χ0n) is 36.1. The van der Waals surface area contributed by atoms with E-state index in [4.69, 9.17) is 17.0 Å². The molecule has 0 amide bonds. The van der Waals surface area contributed by atoms with Crippen LogP contribution in [0.15, 0.2) is 152 Å². The second kappa shape index (κ2) is 22.9. The first-order valence-electron chi connectivity index (χ1n) is 21.7. The van der Waals surface area contributed by atoms with Gasteiger partial charge in [-0.25, -0.2) is 0 Å². The monoisotopic (exact) mass is 917 g/mol. The predicted molar refractivity (Wildman–Crippen MR) is 263 cm³/mol. The Balaban J connectivity index is 0.000000150. The molecular formula is C56H57Cl2SiZr-3. The molecule has 306 valence electrons. The second-order valence-electron chi connectivity index (χ2n) is 16.2. The van der Waals surface area contributed by atoms with Crippen molar-refractivity contribution in [2.45, 2.75) is 91.9 Å². The minimum Gasteiger partial charge on any atom is -0.184 e. The molecule has 2 radical (unpaired) electrons. The van der Waals surface area contributed by atoms with Crippen molar-refractivity contribution in [3.05, 3.63) is 180 Å². The normalized spacial score (nSPS) is 11.3. The van der Waals surface area contributed by atoms with E-state index in [9.17, 15) is 0 Å². The molecule has 0 nitrogen and oxygen atoms in total. The van der Waals surface area contributed by atoms with Crippen LogP contribution in [0.3, 0.4) is 0 Å². The minimum atomic E-state index is -0.826. The van der Waals surface area contributed by atoms with Gasteiger partial charge in [-0.2, -0.15) is 41.6 Å². The summed E-state index contributed by atoms with van der Waals surface area (Å²) in [7, 11) is 10.7. The Morgan fingerprint density at radius 1 is 0.567 bits per heavy atom. The average Bonchev–Trinajstić information content (AvgIpc) is 4.02. The van der Waals surface area contributed by atoms with Gasteiger partial charge in [0.2, 0.25) is 0 Å². The molecule has 0 saturated carbocycles. The SMILES string of the molecule is CCCCc1ccc2[cH-]c(C(C)C)cc2c1-c1ccccc1.CCCCc1ccc2[cH-]c(C(C)C)cc2c1-c1ccccc1.[Cl][Zr][Cl].[c-]1cccc2c1[Si]c1ccccc1-2. The molecule has 0 aromatic heterocycles. The molecule has 60 heavy (non-hydrogen) atoms. The van der Waals surface area contributed by atoms with Crippen LogP contribution in [0, 0.1) is 6.07 Å². The maximum absolute atomic E-state index is 4.93. The minimum absolute atomic E-state index is 0.579. The maximum Gasteiger partial charge on any atom is 0.0920 e. The summed E-state index contributed by atoms with van der Waals surface area (Å²) >= 11 is -0.826. The number of halogens is 2. The smallest absolute Gasteiger partial charge is 0.0920 e. The average molecular weight is 920 g/mol. The Morgan fingerprint density at radius 2 is 1.02 bits per heavy atom. The van der Waals surface area contributed by atoms with E-state index in [1.807, 2.05) is 6.07 Å². The molecule has 0 aliphatic carbocycles. The number of rotatable bonds is 10. The van der Waals surface area contributed by atoms with Gasteiger partial charge in [0.1, 0.15) is 0 Å². The van der Waals surface area contributed by atoms with Crippen LogP contribution in [-0.4, -0.2) is 9.52 Å². The summed E-state index contributed by atoms with van der Waals surface area (Å²) in [6.45, 7) is 13.6. The van der Waals surface area contributed by atoms with Crippen LogP contribution in [0.4, 0.5) is 0 Å². The number of benzene rings is 6. The zero-order valence-corrected chi connectivity index (χ0v) is 41.1. The largest absolute Gasteiger partial charge is 0.184 e. The first kappa shape index (κ1) is 45.7. The van der Waals surface area contributed by atoms with Gasteiger partial charge in [0.25, 0.3) is 0 Å². The van der Waals surface area contributed by atoms with Crippen molar-refractivity contribution in [1.82, 2.24) is 0 Å². The maximum atomic E-state index is 4.93. The number of hydrogen-bond donors (Lipinski definition) is 0. The number of hydrogen-bond acceptors (Lipinski definition) is 0. The summed E-state index contributed by atoms with van der Waals surface area (Å²) in [5.74, 6) is 1.16. The molecule has 9 rings (SSSR count). The van der Waals surface area contributed by atoms with Gasteiger partial charge in [-0.1, -0.05) is 172 Å². The Kier molecular flexibility index (Phi) is 17.4. The van der Waals surface area contributed by atoms with Gasteiger partial charge < -0.3 is 0 Å². The van der Waals surface area contributed by atoms with E-state index in [2.05, 4.69) is 193 Å². The van der Waals surface area contributed by atoms with Crippen molar-refractivity contribution in [1.29, 1.82) is 0 Å². The van der Waals surface area contributed by atoms with Gasteiger partial charge in [0.05, 0.1) is 9.52 Å². The molecule has 8 aromatic rings. The Bertz CT molecular complexity index is 2370. The Labute approximate surface area is 381 Å². The summed E-state index contributed by atoms with van der Waals surface area (Å²) in [6.07, 6.45) is 7.32. The standard InChI is InChI=1S/2C22H25.C12H7Si.2ClH.Zr/c2*1-4-5-9-18-12-13-19-14-20(16(2)3)15-21(19)22(18)17-10-7-6-8-11-17;1-3-7-11-9(5-1)10-6-2-4-8-12(10)13-11;;;/h2*6-8,10-16H,4-5,9H2,1-3H3;1-7H;2*1H;/q3*-1;;;+2/p-2. The summed E-state index contributed by atoms with van der Waals surface area (Å²) in [5.41, 5.74) is 14.2. The molecule has 0 atom stereocenters. The Hall–Kier alpha value is -3.78. The van der Waals surface area contributed by atoms with Gasteiger partial charge in [-0.15, -0.1) is 74.6 Å². The van der Waals surface area contributed by atoms with Crippen molar-refractivity contribution in [2.75, 3.05) is 0 Å². The van der Waals surface area contributed by atoms with Crippen LogP contribution in [0.2, 0.25) is 0 Å². The number of aryl methyl sites for hydroxylation is 2. The van der Waals surface area contributed by atoms with Crippen molar-refractivity contribution < 1.29 is 20.8 Å². The van der Waals surface area contributed by atoms with Crippen molar-refractivity contribution in [3.63, 3.8) is 0 Å². The quantitative estimate of drug-likeness (QED) is 0.0947. The molecule has 0 saturated heterocycles.